The second kappa shape index (κ2) is 9.08. The molecular formula is C21H31IO2S. The Labute approximate surface area is 169 Å². The second-order valence-corrected chi connectivity index (χ2v) is 8.91. The van der Waals surface area contributed by atoms with Crippen LogP contribution in [0.3, 0.4) is 0 Å². The number of ketones is 2. The van der Waals surface area contributed by atoms with Gasteiger partial charge in [0.05, 0.1) is 5.41 Å². The average molecular weight is 474 g/mol. The van der Waals surface area contributed by atoms with Crippen molar-refractivity contribution in [1.29, 1.82) is 0 Å². The van der Waals surface area contributed by atoms with Gasteiger partial charge in [-0.25, -0.2) is 0 Å². The molecule has 0 aromatic heterocycles. The summed E-state index contributed by atoms with van der Waals surface area (Å²) in [4.78, 5) is 24.2. The van der Waals surface area contributed by atoms with E-state index in [1.807, 2.05) is 19.9 Å². The van der Waals surface area contributed by atoms with Crippen LogP contribution in [0.5, 0.6) is 0 Å². The van der Waals surface area contributed by atoms with Gasteiger partial charge in [-0.3, -0.25) is 9.59 Å². The number of fused-ring (bicyclic) bond motifs is 3. The summed E-state index contributed by atoms with van der Waals surface area (Å²) in [6.07, 6.45) is 6.92. The highest BCUT2D eigenvalue weighted by molar-refractivity contribution is 14.2. The zero-order valence-electron chi connectivity index (χ0n) is 15.1. The van der Waals surface area contributed by atoms with E-state index in [1.165, 1.54) is 14.5 Å². The lowest BCUT2D eigenvalue weighted by Gasteiger charge is -2.56. The van der Waals surface area contributed by atoms with Crippen molar-refractivity contribution >= 4 is 41.7 Å². The molecule has 4 atom stereocenters. The van der Waals surface area contributed by atoms with E-state index >= 15 is 0 Å². The summed E-state index contributed by atoms with van der Waals surface area (Å²) in [6.45, 7) is 8.35. The third-order valence-electron chi connectivity index (χ3n) is 6.27. The molecule has 0 amide bonds. The molecule has 0 N–H and O–H groups in total. The summed E-state index contributed by atoms with van der Waals surface area (Å²) in [5.41, 5.74) is 1.08. The van der Waals surface area contributed by atoms with Crippen molar-refractivity contribution in [1.82, 2.24) is 0 Å². The van der Waals surface area contributed by atoms with Gasteiger partial charge >= 0.3 is 0 Å². The first-order valence-corrected chi connectivity index (χ1v) is 12.4. The van der Waals surface area contributed by atoms with Gasteiger partial charge in [-0.15, -0.1) is 0 Å². The van der Waals surface area contributed by atoms with Crippen LogP contribution in [0.2, 0.25) is 0 Å². The molecule has 3 rings (SSSR count). The summed E-state index contributed by atoms with van der Waals surface area (Å²) < 4.78 is 0. The minimum Gasteiger partial charge on any atom is -0.299 e. The van der Waals surface area contributed by atoms with Gasteiger partial charge in [0.1, 0.15) is 5.78 Å². The molecule has 3 aliphatic carbocycles. The van der Waals surface area contributed by atoms with Crippen LogP contribution >= 0.6 is 30.1 Å². The highest BCUT2D eigenvalue weighted by atomic mass is 127. The molecule has 2 fully saturated rings. The number of carbonyl (C=O) groups is 2. The fourth-order valence-corrected chi connectivity index (χ4v) is 5.56. The smallest absolute Gasteiger partial charge is 0.155 e. The standard InChI is InChI=1S/C18H21IO2S.C2H6.CH4/c1-12-14-4-8-18(9-10-22-19)7-3-13(20)11-16(18)17(14,2)6-5-15(12)21;1-2;/h11-12,14H,3-8H2,1-2H3;1-2H3;1H4. The maximum absolute atomic E-state index is 12.1. The third-order valence-corrected chi connectivity index (χ3v) is 7.11. The molecule has 2 nitrogen and oxygen atoms in total. The zero-order chi connectivity index (χ0) is 18.0. The molecule has 4 heteroatoms. The number of allylic oxidation sites excluding steroid dienone is 2. The number of halogens is 1. The fourth-order valence-electron chi connectivity index (χ4n) is 5.00. The minimum absolute atomic E-state index is 0. The Balaban J connectivity index is 0.00000101. The van der Waals surface area contributed by atoms with Crippen LogP contribution in [0.15, 0.2) is 11.6 Å². The predicted octanol–water partition coefficient (Wildman–Crippen LogP) is 6.38. The average Bonchev–Trinajstić information content (AvgIpc) is 2.60. The Hall–Kier alpha value is -0.280. The van der Waals surface area contributed by atoms with E-state index in [1.54, 1.807) is 0 Å². The number of hydrogen-bond donors (Lipinski definition) is 0. The van der Waals surface area contributed by atoms with Crippen molar-refractivity contribution in [2.24, 2.45) is 22.7 Å². The number of hydrogen-bond acceptors (Lipinski definition) is 3. The summed E-state index contributed by atoms with van der Waals surface area (Å²) in [5.74, 6) is 4.60. The van der Waals surface area contributed by atoms with Gasteiger partial charge in [0.2, 0.25) is 0 Å². The lowest BCUT2D eigenvalue weighted by atomic mass is 9.47. The maximum atomic E-state index is 12.1. The fraction of sp³-hybridized carbons (Fsp3) is 0.714. The lowest BCUT2D eigenvalue weighted by Crippen LogP contribution is -2.51. The normalized spacial score (nSPS) is 36.3. The number of rotatable bonds is 0. The van der Waals surface area contributed by atoms with Crippen molar-refractivity contribution in [3.63, 3.8) is 0 Å². The predicted molar refractivity (Wildman–Crippen MR) is 116 cm³/mol. The molecule has 2 saturated carbocycles. The molecular weight excluding hydrogens is 443 g/mol. The Kier molecular flexibility index (Phi) is 8.27. The van der Waals surface area contributed by atoms with Crippen molar-refractivity contribution in [2.75, 3.05) is 0 Å². The highest BCUT2D eigenvalue weighted by Gasteiger charge is 2.56. The van der Waals surface area contributed by atoms with E-state index in [9.17, 15) is 9.59 Å². The molecule has 25 heavy (non-hydrogen) atoms. The summed E-state index contributed by atoms with van der Waals surface area (Å²) in [7, 11) is 1.52. The molecule has 4 unspecified atom stereocenters. The maximum Gasteiger partial charge on any atom is 0.155 e. The molecule has 140 valence electrons. The summed E-state index contributed by atoms with van der Waals surface area (Å²) in [6, 6.07) is 0. The van der Waals surface area contributed by atoms with Crippen LogP contribution in [-0.4, -0.2) is 11.6 Å². The van der Waals surface area contributed by atoms with E-state index < -0.39 is 0 Å². The Morgan fingerprint density at radius 2 is 1.88 bits per heavy atom. The molecule has 0 aliphatic heterocycles. The van der Waals surface area contributed by atoms with Gasteiger partial charge in [-0.05, 0) is 62.9 Å². The largest absolute Gasteiger partial charge is 0.299 e. The quantitative estimate of drug-likeness (QED) is 0.302. The minimum atomic E-state index is -0.128. The van der Waals surface area contributed by atoms with Crippen molar-refractivity contribution in [3.05, 3.63) is 11.6 Å². The van der Waals surface area contributed by atoms with Crippen LogP contribution in [0.25, 0.3) is 0 Å². The number of carbonyl (C=O) groups excluding carboxylic acids is 2. The SMILES string of the molecule is C.CC.CC1C(=O)CCC2(C)C3=CC(=O)CCC3(C#CSI)CCC12. The summed E-state index contributed by atoms with van der Waals surface area (Å²) >= 11 is 2.21. The van der Waals surface area contributed by atoms with E-state index in [4.69, 9.17) is 0 Å². The summed E-state index contributed by atoms with van der Waals surface area (Å²) in [5, 5.41) is 3.19. The molecule has 0 bridgehead atoms. The first kappa shape index (κ1) is 22.8. The second-order valence-electron chi connectivity index (χ2n) is 7.23. The van der Waals surface area contributed by atoms with E-state index in [-0.39, 0.29) is 30.0 Å². The van der Waals surface area contributed by atoms with Gasteiger partial charge in [0, 0.05) is 40.0 Å². The van der Waals surface area contributed by atoms with Gasteiger partial charge in [-0.1, -0.05) is 41.0 Å². The highest BCUT2D eigenvalue weighted by Crippen LogP contribution is 2.62. The van der Waals surface area contributed by atoms with Gasteiger partial charge in [-0.2, -0.15) is 0 Å². The van der Waals surface area contributed by atoms with Crippen LogP contribution in [0.1, 0.15) is 73.6 Å². The molecule has 0 aromatic carbocycles. The number of Topliss-reactive ketones (excluding diaryl/α,β-unsaturated/α-hetero) is 1. The Bertz CT molecular complexity index is 615. The van der Waals surface area contributed by atoms with Crippen LogP contribution in [0.4, 0.5) is 0 Å². The first-order chi connectivity index (χ1) is 11.4. The molecule has 0 radical (unpaired) electrons. The van der Waals surface area contributed by atoms with Gasteiger partial charge < -0.3 is 0 Å². The zero-order valence-corrected chi connectivity index (χ0v) is 18.1. The van der Waals surface area contributed by atoms with E-state index in [2.05, 4.69) is 46.2 Å². The van der Waals surface area contributed by atoms with Gasteiger partial charge in [0.25, 0.3) is 0 Å². The van der Waals surface area contributed by atoms with Crippen LogP contribution < -0.4 is 0 Å². The molecule has 0 spiro atoms. The molecule has 0 aromatic rings. The van der Waals surface area contributed by atoms with E-state index in [0.717, 1.165) is 25.7 Å². The first-order valence-electron chi connectivity index (χ1n) is 9.01. The van der Waals surface area contributed by atoms with E-state index in [0.29, 0.717) is 24.5 Å². The van der Waals surface area contributed by atoms with Gasteiger partial charge in [0.15, 0.2) is 5.78 Å². The van der Waals surface area contributed by atoms with Crippen molar-refractivity contribution < 1.29 is 9.59 Å². The third kappa shape index (κ3) is 4.03. The molecule has 3 aliphatic rings. The molecule has 0 saturated heterocycles. The molecule has 0 heterocycles. The topological polar surface area (TPSA) is 34.1 Å². The van der Waals surface area contributed by atoms with Crippen LogP contribution in [0, 0.1) is 33.8 Å². The Morgan fingerprint density at radius 1 is 1.20 bits per heavy atom. The van der Waals surface area contributed by atoms with Crippen LogP contribution in [-0.2, 0) is 9.59 Å². The van der Waals surface area contributed by atoms with Crippen molar-refractivity contribution in [3.8, 4) is 11.2 Å². The monoisotopic (exact) mass is 474 g/mol. The lowest BCUT2D eigenvalue weighted by molar-refractivity contribution is -0.131. The van der Waals surface area contributed by atoms with Crippen molar-refractivity contribution in [2.45, 2.75) is 73.6 Å². The Morgan fingerprint density at radius 3 is 2.52 bits per heavy atom.